The van der Waals surface area contributed by atoms with Gasteiger partial charge in [-0.1, -0.05) is 295 Å². The third-order valence-electron chi connectivity index (χ3n) is 14.5. The molecule has 0 aromatic rings. The van der Waals surface area contributed by atoms with Gasteiger partial charge in [0.05, 0.1) is 25.4 Å². The van der Waals surface area contributed by atoms with Crippen LogP contribution in [-0.4, -0.2) is 47.4 Å². The summed E-state index contributed by atoms with van der Waals surface area (Å²) in [7, 11) is 0. The summed E-state index contributed by atoms with van der Waals surface area (Å²) in [5.74, 6) is -0.0851. The van der Waals surface area contributed by atoms with Crippen LogP contribution >= 0.6 is 0 Å². The van der Waals surface area contributed by atoms with E-state index >= 15 is 0 Å². The molecule has 0 aromatic heterocycles. The molecule has 3 N–H and O–H groups in total. The number of allylic oxidation sites excluding steroid dienone is 3. The highest BCUT2D eigenvalue weighted by atomic mass is 16.5. The predicted molar refractivity (Wildman–Crippen MR) is 301 cm³/mol. The van der Waals surface area contributed by atoms with Gasteiger partial charge in [0.2, 0.25) is 5.91 Å². The van der Waals surface area contributed by atoms with E-state index in [0.717, 1.165) is 64.2 Å². The molecule has 0 aliphatic heterocycles. The van der Waals surface area contributed by atoms with Gasteiger partial charge in [0, 0.05) is 12.8 Å². The maximum absolute atomic E-state index is 12.5. The van der Waals surface area contributed by atoms with Crippen molar-refractivity contribution in [2.24, 2.45) is 0 Å². The van der Waals surface area contributed by atoms with E-state index in [1.54, 1.807) is 6.08 Å². The Kier molecular flexibility index (Phi) is 57.5. The van der Waals surface area contributed by atoms with Crippen LogP contribution in [0.15, 0.2) is 24.3 Å². The van der Waals surface area contributed by atoms with Crippen molar-refractivity contribution in [1.29, 1.82) is 0 Å². The first-order chi connectivity index (χ1) is 34.0. The SMILES string of the molecule is CCCCCCCCCCCCCCCCCCCCCCCCC/C=C/C(O)C(CO)NC(=O)CCCCCCC/C=C\CCCCCCCCCOC(=O)CCCCCCCCCCCCC. The quantitative estimate of drug-likeness (QED) is 0.0321. The van der Waals surface area contributed by atoms with Crippen LogP contribution in [0.2, 0.25) is 0 Å². The summed E-state index contributed by atoms with van der Waals surface area (Å²) >= 11 is 0. The number of amides is 1. The zero-order valence-corrected chi connectivity index (χ0v) is 46.6. The monoisotopic (exact) mass is 972 g/mol. The zero-order valence-electron chi connectivity index (χ0n) is 46.6. The van der Waals surface area contributed by atoms with Gasteiger partial charge < -0.3 is 20.3 Å². The van der Waals surface area contributed by atoms with Crippen molar-refractivity contribution < 1.29 is 24.5 Å². The number of esters is 1. The summed E-state index contributed by atoms with van der Waals surface area (Å²) in [6, 6.07) is -0.641. The van der Waals surface area contributed by atoms with Gasteiger partial charge in [-0.15, -0.1) is 0 Å². The van der Waals surface area contributed by atoms with Crippen LogP contribution in [0.5, 0.6) is 0 Å². The van der Waals surface area contributed by atoms with Gasteiger partial charge in [0.1, 0.15) is 0 Å². The number of rotatable bonds is 58. The number of ether oxygens (including phenoxy) is 1. The van der Waals surface area contributed by atoms with Crippen molar-refractivity contribution in [2.45, 2.75) is 353 Å². The first-order valence-corrected chi connectivity index (χ1v) is 31.1. The van der Waals surface area contributed by atoms with Crippen molar-refractivity contribution in [3.8, 4) is 0 Å². The van der Waals surface area contributed by atoms with Gasteiger partial charge in [-0.3, -0.25) is 9.59 Å². The van der Waals surface area contributed by atoms with E-state index in [0.29, 0.717) is 19.4 Å². The Hall–Kier alpha value is -1.66. The largest absolute Gasteiger partial charge is 0.466 e. The molecule has 69 heavy (non-hydrogen) atoms. The number of hydrogen-bond donors (Lipinski definition) is 3. The van der Waals surface area contributed by atoms with E-state index in [1.807, 2.05) is 6.08 Å². The number of nitrogens with one attached hydrogen (secondary N) is 1. The lowest BCUT2D eigenvalue weighted by molar-refractivity contribution is -0.143. The number of hydrogen-bond acceptors (Lipinski definition) is 5. The molecular weight excluding hydrogens is 851 g/mol. The fourth-order valence-electron chi connectivity index (χ4n) is 9.69. The highest BCUT2D eigenvalue weighted by molar-refractivity contribution is 5.76. The summed E-state index contributed by atoms with van der Waals surface area (Å²) in [4.78, 5) is 24.5. The fourth-order valence-corrected chi connectivity index (χ4v) is 9.69. The van der Waals surface area contributed by atoms with Crippen LogP contribution in [0.25, 0.3) is 0 Å². The number of carbonyl (C=O) groups is 2. The van der Waals surface area contributed by atoms with Crippen molar-refractivity contribution in [3.63, 3.8) is 0 Å². The van der Waals surface area contributed by atoms with Crippen molar-refractivity contribution >= 4 is 11.9 Å². The second-order valence-corrected chi connectivity index (χ2v) is 21.4. The Labute approximate surface area is 431 Å². The van der Waals surface area contributed by atoms with Gasteiger partial charge in [-0.25, -0.2) is 0 Å². The van der Waals surface area contributed by atoms with E-state index in [9.17, 15) is 19.8 Å². The molecule has 408 valence electrons. The van der Waals surface area contributed by atoms with Crippen molar-refractivity contribution in [1.82, 2.24) is 5.32 Å². The molecule has 6 nitrogen and oxygen atoms in total. The minimum Gasteiger partial charge on any atom is -0.466 e. The van der Waals surface area contributed by atoms with Gasteiger partial charge in [0.25, 0.3) is 0 Å². The topological polar surface area (TPSA) is 95.9 Å². The maximum atomic E-state index is 12.5. The lowest BCUT2D eigenvalue weighted by Crippen LogP contribution is -2.45. The van der Waals surface area contributed by atoms with E-state index in [4.69, 9.17) is 4.74 Å². The molecule has 0 heterocycles. The normalized spacial score (nSPS) is 12.7. The molecule has 6 heteroatoms. The van der Waals surface area contributed by atoms with Crippen LogP contribution in [0.1, 0.15) is 341 Å². The van der Waals surface area contributed by atoms with E-state index in [1.165, 1.54) is 250 Å². The average Bonchev–Trinajstić information content (AvgIpc) is 3.35. The van der Waals surface area contributed by atoms with Gasteiger partial charge in [-0.05, 0) is 57.8 Å². The molecule has 0 saturated carbocycles. The summed E-state index contributed by atoms with van der Waals surface area (Å²) in [6.07, 6.45) is 72.2. The number of aliphatic hydroxyl groups is 2. The smallest absolute Gasteiger partial charge is 0.305 e. The Morgan fingerprint density at radius 1 is 0.391 bits per heavy atom. The number of carbonyl (C=O) groups excluding carboxylic acids is 2. The van der Waals surface area contributed by atoms with E-state index < -0.39 is 12.1 Å². The Morgan fingerprint density at radius 2 is 0.681 bits per heavy atom. The number of unbranched alkanes of at least 4 members (excludes halogenated alkanes) is 45. The molecular formula is C63H121NO5. The lowest BCUT2D eigenvalue weighted by atomic mass is 10.0. The molecule has 0 saturated heterocycles. The third kappa shape index (κ3) is 55.5. The first-order valence-electron chi connectivity index (χ1n) is 31.1. The molecule has 0 aliphatic carbocycles. The molecule has 0 fully saturated rings. The van der Waals surface area contributed by atoms with Crippen molar-refractivity contribution in [2.75, 3.05) is 13.2 Å². The Morgan fingerprint density at radius 3 is 1.03 bits per heavy atom. The van der Waals surface area contributed by atoms with Crippen LogP contribution in [0.3, 0.4) is 0 Å². The minimum atomic E-state index is -0.856. The van der Waals surface area contributed by atoms with Crippen LogP contribution in [0, 0.1) is 0 Å². The van der Waals surface area contributed by atoms with Crippen LogP contribution in [-0.2, 0) is 14.3 Å². The van der Waals surface area contributed by atoms with Crippen LogP contribution in [0.4, 0.5) is 0 Å². The highest BCUT2D eigenvalue weighted by Gasteiger charge is 2.18. The summed E-state index contributed by atoms with van der Waals surface area (Å²) in [5, 5.41) is 23.2. The van der Waals surface area contributed by atoms with Crippen molar-refractivity contribution in [3.05, 3.63) is 24.3 Å². The molecule has 2 unspecified atom stereocenters. The molecule has 0 spiro atoms. The molecule has 1 amide bonds. The molecule has 0 bridgehead atoms. The minimum absolute atomic E-state index is 0.00356. The highest BCUT2D eigenvalue weighted by Crippen LogP contribution is 2.17. The third-order valence-corrected chi connectivity index (χ3v) is 14.5. The molecule has 0 aliphatic rings. The molecule has 0 rings (SSSR count). The molecule has 0 radical (unpaired) electrons. The first kappa shape index (κ1) is 67.3. The van der Waals surface area contributed by atoms with E-state index in [-0.39, 0.29) is 18.5 Å². The zero-order chi connectivity index (χ0) is 50.0. The molecule has 0 aromatic carbocycles. The van der Waals surface area contributed by atoms with Crippen LogP contribution < -0.4 is 5.32 Å². The fraction of sp³-hybridized carbons (Fsp3) is 0.905. The maximum Gasteiger partial charge on any atom is 0.305 e. The predicted octanol–water partition coefficient (Wildman–Crippen LogP) is 19.4. The Balaban J connectivity index is 3.49. The van der Waals surface area contributed by atoms with Gasteiger partial charge >= 0.3 is 5.97 Å². The number of aliphatic hydroxyl groups excluding tert-OH is 2. The second-order valence-electron chi connectivity index (χ2n) is 21.4. The van der Waals surface area contributed by atoms with E-state index in [2.05, 4.69) is 31.3 Å². The lowest BCUT2D eigenvalue weighted by Gasteiger charge is -2.20. The molecule has 2 atom stereocenters. The summed E-state index contributed by atoms with van der Waals surface area (Å²) in [5.41, 5.74) is 0. The van der Waals surface area contributed by atoms with Gasteiger partial charge in [0.15, 0.2) is 0 Å². The second kappa shape index (κ2) is 58.9. The summed E-state index contributed by atoms with van der Waals surface area (Å²) < 4.78 is 5.45. The average molecular weight is 973 g/mol. The summed E-state index contributed by atoms with van der Waals surface area (Å²) in [6.45, 7) is 4.90. The van der Waals surface area contributed by atoms with Gasteiger partial charge in [-0.2, -0.15) is 0 Å². The Bertz CT molecular complexity index is 1080. The standard InChI is InChI=1S/C63H121NO5/c1-3-5-7-9-11-13-15-16-17-18-19-20-21-22-23-24-25-26-29-32-36-39-43-47-51-55-61(66)60(59-65)64-62(67)56-52-48-44-40-37-33-30-27-28-31-34-38-42-46-50-54-58-69-63(68)57-53-49-45-41-35-14-12-10-8-6-4-2/h27,30,51,55,60-61,65-66H,3-26,28-29,31-50,52-54,56-59H2,1-2H3,(H,64,67)/b30-27-,55-51+.